The minimum Gasteiger partial charge on any atom is -0.364 e. The van der Waals surface area contributed by atoms with E-state index in [0.717, 1.165) is 37.0 Å². The topological polar surface area (TPSA) is 83.1 Å². The summed E-state index contributed by atoms with van der Waals surface area (Å²) in [6, 6.07) is 1.11. The lowest BCUT2D eigenvalue weighted by Crippen LogP contribution is -2.28. The van der Waals surface area contributed by atoms with Crippen molar-refractivity contribution in [3.05, 3.63) is 22.5 Å². The molecular formula is C15H23ClN4O3Si. The number of anilines is 1. The SMILES string of the molecule is C[Si](C)(C)CCOCN1CCc2c(Cl)nc3c(C(O)O)cnn3c21. The lowest BCUT2D eigenvalue weighted by molar-refractivity contribution is -0.0414. The number of nitrogens with zero attached hydrogens (tertiary/aromatic N) is 4. The normalized spacial score (nSPS) is 14.9. The zero-order valence-corrected chi connectivity index (χ0v) is 15.9. The number of rotatable bonds is 6. The van der Waals surface area contributed by atoms with E-state index in [-0.39, 0.29) is 5.56 Å². The van der Waals surface area contributed by atoms with Crippen molar-refractivity contribution in [1.82, 2.24) is 14.6 Å². The summed E-state index contributed by atoms with van der Waals surface area (Å²) in [5.74, 6) is 0.824. The molecule has 0 spiro atoms. The fourth-order valence-electron chi connectivity index (χ4n) is 2.76. The van der Waals surface area contributed by atoms with Gasteiger partial charge in [0.1, 0.15) is 17.7 Å². The number of aliphatic hydroxyl groups excluding tert-OH is 1. The molecule has 7 nitrogen and oxygen atoms in total. The Morgan fingerprint density at radius 3 is 2.79 bits per heavy atom. The number of halogens is 1. The van der Waals surface area contributed by atoms with E-state index in [2.05, 4.69) is 34.6 Å². The first-order valence-electron chi connectivity index (χ1n) is 8.03. The summed E-state index contributed by atoms with van der Waals surface area (Å²) in [5, 5.41) is 23.5. The maximum absolute atomic E-state index is 9.45. The highest BCUT2D eigenvalue weighted by atomic mass is 35.5. The molecular weight excluding hydrogens is 348 g/mol. The van der Waals surface area contributed by atoms with Crippen molar-refractivity contribution in [3.8, 4) is 0 Å². The molecule has 3 heterocycles. The number of fused-ring (bicyclic) bond motifs is 3. The second kappa shape index (κ2) is 6.60. The van der Waals surface area contributed by atoms with Crippen molar-refractivity contribution >= 4 is 31.1 Å². The van der Waals surface area contributed by atoms with Crippen LogP contribution >= 0.6 is 11.6 Å². The molecule has 3 rings (SSSR count). The van der Waals surface area contributed by atoms with Crippen LogP contribution in [0.3, 0.4) is 0 Å². The average molecular weight is 371 g/mol. The van der Waals surface area contributed by atoms with E-state index >= 15 is 0 Å². The van der Waals surface area contributed by atoms with Crippen LogP contribution in [0.2, 0.25) is 30.8 Å². The molecule has 0 fully saturated rings. The molecule has 0 unspecified atom stereocenters. The summed E-state index contributed by atoms with van der Waals surface area (Å²) in [6.07, 6.45) is 0.546. The Balaban J connectivity index is 1.84. The number of aromatic nitrogens is 3. The molecule has 0 aromatic carbocycles. The third kappa shape index (κ3) is 3.43. The van der Waals surface area contributed by atoms with Crippen LogP contribution < -0.4 is 4.90 Å². The van der Waals surface area contributed by atoms with Gasteiger partial charge in [-0.1, -0.05) is 31.2 Å². The monoisotopic (exact) mass is 370 g/mol. The van der Waals surface area contributed by atoms with E-state index in [1.165, 1.54) is 6.20 Å². The van der Waals surface area contributed by atoms with Gasteiger partial charge in [0.15, 0.2) is 11.9 Å². The molecule has 9 heteroatoms. The summed E-state index contributed by atoms with van der Waals surface area (Å²) in [6.45, 7) is 8.94. The molecule has 1 aliphatic rings. The predicted octanol–water partition coefficient (Wildman–Crippen LogP) is 2.04. The smallest absolute Gasteiger partial charge is 0.183 e. The standard InChI is InChI=1S/C15H23ClN4O3Si/c1-24(2,3)7-6-23-9-19-5-4-10-12(16)18-13-11(15(21)22)8-17-20(13)14(10)19/h8,15,21-22H,4-7,9H2,1-3H3. The predicted molar refractivity (Wildman–Crippen MR) is 95.2 cm³/mol. The first-order valence-corrected chi connectivity index (χ1v) is 12.1. The van der Waals surface area contributed by atoms with Crippen molar-refractivity contribution < 1.29 is 14.9 Å². The number of hydrogen-bond acceptors (Lipinski definition) is 6. The van der Waals surface area contributed by atoms with Gasteiger partial charge in [-0.2, -0.15) is 9.61 Å². The fraction of sp³-hybridized carbons (Fsp3) is 0.600. The van der Waals surface area contributed by atoms with Crippen LogP contribution in [0.4, 0.5) is 5.82 Å². The van der Waals surface area contributed by atoms with E-state index in [1.54, 1.807) is 4.52 Å². The quantitative estimate of drug-likeness (QED) is 0.350. The van der Waals surface area contributed by atoms with Crippen LogP contribution in [0, 0.1) is 0 Å². The molecule has 0 bridgehead atoms. The Labute approximate surface area is 146 Å². The number of hydrogen-bond donors (Lipinski definition) is 2. The van der Waals surface area contributed by atoms with E-state index in [0.29, 0.717) is 17.5 Å². The second-order valence-electron chi connectivity index (χ2n) is 7.28. The lowest BCUT2D eigenvalue weighted by Gasteiger charge is -2.21. The zero-order chi connectivity index (χ0) is 17.5. The highest BCUT2D eigenvalue weighted by Crippen LogP contribution is 2.34. The second-order valence-corrected chi connectivity index (χ2v) is 13.3. The molecule has 0 aliphatic carbocycles. The van der Waals surface area contributed by atoms with Crippen molar-refractivity contribution in [3.63, 3.8) is 0 Å². The Morgan fingerprint density at radius 2 is 2.12 bits per heavy atom. The Kier molecular flexibility index (Phi) is 4.85. The third-order valence-corrected chi connectivity index (χ3v) is 6.16. The molecule has 1 aliphatic heterocycles. The average Bonchev–Trinajstić information content (AvgIpc) is 3.06. The van der Waals surface area contributed by atoms with Gasteiger partial charge in [-0.05, 0) is 12.5 Å². The molecule has 0 atom stereocenters. The van der Waals surface area contributed by atoms with Gasteiger partial charge in [-0.3, -0.25) is 0 Å². The molecule has 2 aromatic rings. The summed E-state index contributed by atoms with van der Waals surface area (Å²) < 4.78 is 7.47. The van der Waals surface area contributed by atoms with E-state index < -0.39 is 14.4 Å². The van der Waals surface area contributed by atoms with Gasteiger partial charge in [0.05, 0.1) is 11.8 Å². The van der Waals surface area contributed by atoms with Gasteiger partial charge in [0, 0.05) is 26.8 Å². The maximum Gasteiger partial charge on any atom is 0.183 e. The van der Waals surface area contributed by atoms with Crippen LogP contribution in [0.1, 0.15) is 17.4 Å². The molecule has 132 valence electrons. The minimum absolute atomic E-state index is 0.242. The first kappa shape index (κ1) is 17.6. The molecule has 2 aromatic heterocycles. The van der Waals surface area contributed by atoms with Crippen LogP contribution in [0.25, 0.3) is 5.65 Å². The van der Waals surface area contributed by atoms with E-state index in [9.17, 15) is 10.2 Å². The number of ether oxygens (including phenoxy) is 1. The first-order chi connectivity index (χ1) is 11.3. The van der Waals surface area contributed by atoms with Crippen molar-refractivity contribution in [2.75, 3.05) is 24.8 Å². The van der Waals surface area contributed by atoms with Crippen LogP contribution in [0.15, 0.2) is 6.20 Å². The summed E-state index contributed by atoms with van der Waals surface area (Å²) in [4.78, 5) is 6.35. The van der Waals surface area contributed by atoms with Crippen molar-refractivity contribution in [2.24, 2.45) is 0 Å². The van der Waals surface area contributed by atoms with Gasteiger partial charge in [-0.15, -0.1) is 0 Å². The van der Waals surface area contributed by atoms with Gasteiger partial charge < -0.3 is 19.8 Å². The zero-order valence-electron chi connectivity index (χ0n) is 14.2. The maximum atomic E-state index is 9.45. The van der Waals surface area contributed by atoms with Crippen LogP contribution in [0.5, 0.6) is 0 Å². The Hall–Kier alpha value is -1.19. The molecule has 0 saturated carbocycles. The molecule has 0 radical (unpaired) electrons. The van der Waals surface area contributed by atoms with E-state index in [1.807, 2.05) is 0 Å². The lowest BCUT2D eigenvalue weighted by atomic mass is 10.2. The molecule has 24 heavy (non-hydrogen) atoms. The molecule has 0 amide bonds. The van der Waals surface area contributed by atoms with Gasteiger partial charge in [0.25, 0.3) is 0 Å². The van der Waals surface area contributed by atoms with Gasteiger partial charge >= 0.3 is 0 Å². The largest absolute Gasteiger partial charge is 0.364 e. The third-order valence-electron chi connectivity index (χ3n) is 4.15. The molecule has 0 saturated heterocycles. The van der Waals surface area contributed by atoms with Gasteiger partial charge in [0.2, 0.25) is 0 Å². The Bertz CT molecular complexity index is 744. The minimum atomic E-state index is -1.63. The summed E-state index contributed by atoms with van der Waals surface area (Å²) in [7, 11) is -1.12. The highest BCUT2D eigenvalue weighted by Gasteiger charge is 2.28. The highest BCUT2D eigenvalue weighted by molar-refractivity contribution is 6.76. The van der Waals surface area contributed by atoms with E-state index in [4.69, 9.17) is 16.3 Å². The Morgan fingerprint density at radius 1 is 1.38 bits per heavy atom. The van der Waals surface area contributed by atoms with Crippen LogP contribution in [-0.4, -0.2) is 52.8 Å². The van der Waals surface area contributed by atoms with Crippen LogP contribution in [-0.2, 0) is 11.2 Å². The van der Waals surface area contributed by atoms with Crippen molar-refractivity contribution in [2.45, 2.75) is 38.4 Å². The van der Waals surface area contributed by atoms with Crippen molar-refractivity contribution in [1.29, 1.82) is 0 Å². The van der Waals surface area contributed by atoms with Gasteiger partial charge in [-0.25, -0.2) is 4.98 Å². The fourth-order valence-corrected chi connectivity index (χ4v) is 3.77. The summed E-state index contributed by atoms with van der Waals surface area (Å²) in [5.41, 5.74) is 1.52. The molecule has 2 N–H and O–H groups in total. The summed E-state index contributed by atoms with van der Waals surface area (Å²) >= 11 is 6.29. The number of aliphatic hydroxyl groups is 2.